The van der Waals surface area contributed by atoms with Crippen LogP contribution in [0.2, 0.25) is 5.02 Å². The van der Waals surface area contributed by atoms with Gasteiger partial charge in [-0.3, -0.25) is 9.59 Å². The van der Waals surface area contributed by atoms with E-state index in [0.29, 0.717) is 30.1 Å². The molecule has 0 aliphatic carbocycles. The highest BCUT2D eigenvalue weighted by atomic mass is 35.5. The molecular weight excluding hydrogens is 316 g/mol. The number of halogens is 1. The van der Waals surface area contributed by atoms with Crippen LogP contribution in [0.1, 0.15) is 33.1 Å². The van der Waals surface area contributed by atoms with Gasteiger partial charge in [0.2, 0.25) is 11.8 Å². The van der Waals surface area contributed by atoms with Crippen molar-refractivity contribution in [3.05, 3.63) is 29.3 Å². The Bertz CT molecular complexity index is 587. The Balaban J connectivity index is 2.00. The van der Waals surface area contributed by atoms with Gasteiger partial charge in [0.05, 0.1) is 22.2 Å². The van der Waals surface area contributed by atoms with Gasteiger partial charge in [0, 0.05) is 19.5 Å². The summed E-state index contributed by atoms with van der Waals surface area (Å²) >= 11 is 6.13. The molecule has 1 aliphatic heterocycles. The van der Waals surface area contributed by atoms with Crippen molar-refractivity contribution in [1.29, 1.82) is 0 Å². The summed E-state index contributed by atoms with van der Waals surface area (Å²) in [6.45, 7) is 4.28. The summed E-state index contributed by atoms with van der Waals surface area (Å²) in [5.41, 5.74) is -0.256. The van der Waals surface area contributed by atoms with E-state index in [0.717, 1.165) is 0 Å². The number of carbonyl (C=O) groups is 2. The van der Waals surface area contributed by atoms with Gasteiger partial charge < -0.3 is 15.3 Å². The maximum atomic E-state index is 12.3. The molecule has 1 saturated heterocycles. The van der Waals surface area contributed by atoms with Crippen LogP contribution in [0.25, 0.3) is 0 Å². The van der Waals surface area contributed by atoms with Crippen molar-refractivity contribution in [1.82, 2.24) is 5.32 Å². The molecule has 1 heterocycles. The lowest BCUT2D eigenvalue weighted by molar-refractivity contribution is -0.127. The van der Waals surface area contributed by atoms with Crippen molar-refractivity contribution < 1.29 is 14.7 Å². The molecule has 2 rings (SSSR count). The van der Waals surface area contributed by atoms with Gasteiger partial charge in [0.1, 0.15) is 0 Å². The maximum absolute atomic E-state index is 12.3. The molecular formula is C17H23ClN2O3. The first-order chi connectivity index (χ1) is 10.9. The molecule has 0 spiro atoms. The van der Waals surface area contributed by atoms with Crippen molar-refractivity contribution in [2.75, 3.05) is 18.0 Å². The van der Waals surface area contributed by atoms with Crippen LogP contribution in [0, 0.1) is 5.92 Å². The van der Waals surface area contributed by atoms with Crippen LogP contribution in [0.5, 0.6) is 0 Å². The minimum atomic E-state index is -0.888. The van der Waals surface area contributed by atoms with Gasteiger partial charge in [-0.25, -0.2) is 0 Å². The lowest BCUT2D eigenvalue weighted by Crippen LogP contribution is -2.44. The summed E-state index contributed by atoms with van der Waals surface area (Å²) in [5, 5.41) is 13.5. The van der Waals surface area contributed by atoms with Crippen LogP contribution < -0.4 is 10.2 Å². The third kappa shape index (κ3) is 4.03. The lowest BCUT2D eigenvalue weighted by atomic mass is 9.97. The number of para-hydroxylation sites is 1. The first kappa shape index (κ1) is 17.8. The summed E-state index contributed by atoms with van der Waals surface area (Å²) in [7, 11) is 0. The normalized spacial score (nSPS) is 18.3. The summed E-state index contributed by atoms with van der Waals surface area (Å²) in [5.74, 6) is -0.732. The standard InChI is InChI=1S/C17H23ClN2O3/c1-3-17(23,4-2)11-19-16(22)12-9-15(21)20(10-12)14-8-6-5-7-13(14)18/h5-8,12,23H,3-4,9-11H2,1-2H3,(H,19,22). The van der Waals surface area contributed by atoms with E-state index in [1.807, 2.05) is 19.9 Å². The third-order valence-corrected chi connectivity index (χ3v) is 4.87. The largest absolute Gasteiger partial charge is 0.388 e. The average Bonchev–Trinajstić information content (AvgIpc) is 2.94. The Morgan fingerprint density at radius 1 is 1.39 bits per heavy atom. The zero-order valence-corrected chi connectivity index (χ0v) is 14.3. The summed E-state index contributed by atoms with van der Waals surface area (Å²) in [4.78, 5) is 26.0. The van der Waals surface area contributed by atoms with Crippen molar-refractivity contribution in [3.8, 4) is 0 Å². The van der Waals surface area contributed by atoms with E-state index >= 15 is 0 Å². The Kier molecular flexibility index (Phi) is 5.65. The number of nitrogens with one attached hydrogen (secondary N) is 1. The molecule has 2 N–H and O–H groups in total. The van der Waals surface area contributed by atoms with Gasteiger partial charge in [0.15, 0.2) is 0 Å². The van der Waals surface area contributed by atoms with Crippen molar-refractivity contribution >= 4 is 29.1 Å². The van der Waals surface area contributed by atoms with Crippen molar-refractivity contribution in [3.63, 3.8) is 0 Å². The molecule has 5 nitrogen and oxygen atoms in total. The molecule has 1 fully saturated rings. The fourth-order valence-corrected chi connectivity index (χ4v) is 2.92. The highest BCUT2D eigenvalue weighted by Crippen LogP contribution is 2.31. The van der Waals surface area contributed by atoms with Gasteiger partial charge in [0.25, 0.3) is 0 Å². The molecule has 0 bridgehead atoms. The number of hydrogen-bond acceptors (Lipinski definition) is 3. The predicted octanol–water partition coefficient (Wildman–Crippen LogP) is 2.36. The smallest absolute Gasteiger partial charge is 0.227 e. The SMILES string of the molecule is CCC(O)(CC)CNC(=O)C1CC(=O)N(c2ccccc2Cl)C1. The minimum absolute atomic E-state index is 0.112. The molecule has 1 unspecified atom stereocenters. The molecule has 126 valence electrons. The number of rotatable bonds is 6. The van der Waals surface area contributed by atoms with E-state index in [1.165, 1.54) is 0 Å². The van der Waals surface area contributed by atoms with Crippen LogP contribution >= 0.6 is 11.6 Å². The van der Waals surface area contributed by atoms with Gasteiger partial charge in [-0.1, -0.05) is 37.6 Å². The monoisotopic (exact) mass is 338 g/mol. The van der Waals surface area contributed by atoms with Gasteiger partial charge in [-0.05, 0) is 25.0 Å². The van der Waals surface area contributed by atoms with Gasteiger partial charge in [-0.2, -0.15) is 0 Å². The van der Waals surface area contributed by atoms with Crippen LogP contribution in [0.3, 0.4) is 0 Å². The topological polar surface area (TPSA) is 69.6 Å². The zero-order chi connectivity index (χ0) is 17.0. The zero-order valence-electron chi connectivity index (χ0n) is 13.5. The maximum Gasteiger partial charge on any atom is 0.227 e. The van der Waals surface area contributed by atoms with E-state index in [2.05, 4.69) is 5.32 Å². The molecule has 23 heavy (non-hydrogen) atoms. The van der Waals surface area contributed by atoms with E-state index in [4.69, 9.17) is 11.6 Å². The van der Waals surface area contributed by atoms with E-state index in [1.54, 1.807) is 23.1 Å². The van der Waals surface area contributed by atoms with Crippen LogP contribution in [-0.4, -0.2) is 35.6 Å². The molecule has 0 saturated carbocycles. The number of aliphatic hydroxyl groups is 1. The number of nitrogens with zero attached hydrogens (tertiary/aromatic N) is 1. The van der Waals surface area contributed by atoms with E-state index < -0.39 is 11.5 Å². The third-order valence-electron chi connectivity index (χ3n) is 4.55. The summed E-state index contributed by atoms with van der Waals surface area (Å²) in [6.07, 6.45) is 1.30. The average molecular weight is 339 g/mol. The number of anilines is 1. The Morgan fingerprint density at radius 3 is 2.65 bits per heavy atom. The minimum Gasteiger partial charge on any atom is -0.388 e. The van der Waals surface area contributed by atoms with Crippen LogP contribution in [0.15, 0.2) is 24.3 Å². The number of carbonyl (C=O) groups excluding carboxylic acids is 2. The number of benzene rings is 1. The second kappa shape index (κ2) is 7.32. The Labute approximate surface area is 141 Å². The second-order valence-corrected chi connectivity index (χ2v) is 6.41. The van der Waals surface area contributed by atoms with Crippen molar-refractivity contribution in [2.24, 2.45) is 5.92 Å². The summed E-state index contributed by atoms with van der Waals surface area (Å²) in [6, 6.07) is 7.10. The molecule has 2 amide bonds. The molecule has 1 aromatic carbocycles. The van der Waals surface area contributed by atoms with Gasteiger partial charge >= 0.3 is 0 Å². The Hall–Kier alpha value is -1.59. The van der Waals surface area contributed by atoms with E-state index in [9.17, 15) is 14.7 Å². The van der Waals surface area contributed by atoms with Crippen LogP contribution in [-0.2, 0) is 9.59 Å². The van der Waals surface area contributed by atoms with E-state index in [-0.39, 0.29) is 24.8 Å². The molecule has 1 atom stereocenters. The molecule has 0 radical (unpaired) electrons. The highest BCUT2D eigenvalue weighted by Gasteiger charge is 2.36. The number of amides is 2. The lowest BCUT2D eigenvalue weighted by Gasteiger charge is -2.26. The first-order valence-electron chi connectivity index (χ1n) is 7.95. The fourth-order valence-electron chi connectivity index (χ4n) is 2.68. The fraction of sp³-hybridized carbons (Fsp3) is 0.529. The highest BCUT2D eigenvalue weighted by molar-refractivity contribution is 6.33. The second-order valence-electron chi connectivity index (χ2n) is 6.01. The molecule has 1 aliphatic rings. The Morgan fingerprint density at radius 2 is 2.04 bits per heavy atom. The first-order valence-corrected chi connectivity index (χ1v) is 8.33. The van der Waals surface area contributed by atoms with Gasteiger partial charge in [-0.15, -0.1) is 0 Å². The number of hydrogen-bond donors (Lipinski definition) is 2. The van der Waals surface area contributed by atoms with Crippen molar-refractivity contribution in [2.45, 2.75) is 38.7 Å². The quantitative estimate of drug-likeness (QED) is 0.836. The summed E-state index contributed by atoms with van der Waals surface area (Å²) < 4.78 is 0. The predicted molar refractivity (Wildman–Crippen MR) is 90.5 cm³/mol. The molecule has 6 heteroatoms. The molecule has 1 aromatic rings. The van der Waals surface area contributed by atoms with Crippen LogP contribution in [0.4, 0.5) is 5.69 Å². The molecule has 0 aromatic heterocycles.